The Bertz CT molecular complexity index is 674. The first kappa shape index (κ1) is 13.9. The molecule has 3 heterocycles. The van der Waals surface area contributed by atoms with E-state index in [2.05, 4.69) is 9.88 Å². The lowest BCUT2D eigenvalue weighted by Crippen LogP contribution is -2.38. The molecule has 1 aliphatic heterocycles. The lowest BCUT2D eigenvalue weighted by Gasteiger charge is -2.34. The molecule has 6 heteroatoms. The molecule has 21 heavy (non-hydrogen) atoms. The van der Waals surface area contributed by atoms with Crippen LogP contribution in [0.2, 0.25) is 0 Å². The maximum atomic E-state index is 11.5. The molecule has 0 spiro atoms. The lowest BCUT2D eigenvalue weighted by atomic mass is 10.0. The van der Waals surface area contributed by atoms with Crippen molar-refractivity contribution in [1.82, 2.24) is 9.38 Å². The van der Waals surface area contributed by atoms with Gasteiger partial charge in [0.2, 0.25) is 0 Å². The van der Waals surface area contributed by atoms with Gasteiger partial charge in [-0.3, -0.25) is 4.40 Å². The number of ether oxygens (including phenoxy) is 1. The highest BCUT2D eigenvalue weighted by Crippen LogP contribution is 2.28. The Hall–Kier alpha value is -2.08. The predicted octanol–water partition coefficient (Wildman–Crippen LogP) is 1.96. The molecule has 2 aromatic rings. The van der Waals surface area contributed by atoms with Gasteiger partial charge in [-0.05, 0) is 25.8 Å². The minimum absolute atomic E-state index is 0.330. The molecule has 6 nitrogen and oxygen atoms in total. The van der Waals surface area contributed by atoms with Crippen molar-refractivity contribution in [3.63, 3.8) is 0 Å². The molecule has 112 valence electrons. The van der Waals surface area contributed by atoms with Crippen molar-refractivity contribution in [1.29, 1.82) is 0 Å². The molecule has 2 aromatic heterocycles. The molecule has 1 N–H and O–H groups in total. The summed E-state index contributed by atoms with van der Waals surface area (Å²) in [5.41, 5.74) is 1.89. The number of aromatic nitrogens is 2. The van der Waals surface area contributed by atoms with E-state index in [4.69, 9.17) is 4.74 Å². The van der Waals surface area contributed by atoms with Gasteiger partial charge in [0.05, 0.1) is 17.3 Å². The molecule has 1 fully saturated rings. The third-order valence-corrected chi connectivity index (χ3v) is 4.23. The van der Waals surface area contributed by atoms with E-state index in [9.17, 15) is 9.90 Å². The number of rotatable bonds is 3. The Morgan fingerprint density at radius 1 is 1.48 bits per heavy atom. The van der Waals surface area contributed by atoms with Crippen molar-refractivity contribution >= 4 is 17.3 Å². The van der Waals surface area contributed by atoms with Crippen LogP contribution in [0.3, 0.4) is 0 Å². The van der Waals surface area contributed by atoms with Crippen LogP contribution in [-0.4, -0.2) is 46.8 Å². The third kappa shape index (κ3) is 2.35. The van der Waals surface area contributed by atoms with Crippen molar-refractivity contribution in [2.75, 3.05) is 25.2 Å². The van der Waals surface area contributed by atoms with Crippen molar-refractivity contribution in [2.45, 2.75) is 25.8 Å². The van der Waals surface area contributed by atoms with Gasteiger partial charge in [0.15, 0.2) is 0 Å². The van der Waals surface area contributed by atoms with Crippen LogP contribution in [0.15, 0.2) is 18.6 Å². The largest absolute Gasteiger partial charge is 0.478 e. The summed E-state index contributed by atoms with van der Waals surface area (Å²) >= 11 is 0. The summed E-state index contributed by atoms with van der Waals surface area (Å²) < 4.78 is 7.37. The van der Waals surface area contributed by atoms with Crippen molar-refractivity contribution in [3.8, 4) is 0 Å². The van der Waals surface area contributed by atoms with E-state index < -0.39 is 5.97 Å². The minimum Gasteiger partial charge on any atom is -0.478 e. The Morgan fingerprint density at radius 3 is 2.86 bits per heavy atom. The summed E-state index contributed by atoms with van der Waals surface area (Å²) in [7, 11) is 2.02. The van der Waals surface area contributed by atoms with Crippen molar-refractivity contribution < 1.29 is 14.6 Å². The van der Waals surface area contributed by atoms with Gasteiger partial charge < -0.3 is 14.7 Å². The van der Waals surface area contributed by atoms with Crippen LogP contribution >= 0.6 is 0 Å². The van der Waals surface area contributed by atoms with Crippen LogP contribution in [-0.2, 0) is 4.74 Å². The highest BCUT2D eigenvalue weighted by molar-refractivity contribution is 5.92. The van der Waals surface area contributed by atoms with E-state index >= 15 is 0 Å². The van der Waals surface area contributed by atoms with Gasteiger partial charge in [-0.25, -0.2) is 9.78 Å². The Kier molecular flexibility index (Phi) is 3.55. The molecule has 0 radical (unpaired) electrons. The number of hydrogen-bond donors (Lipinski definition) is 1. The molecule has 0 aliphatic carbocycles. The van der Waals surface area contributed by atoms with Crippen LogP contribution in [0.1, 0.15) is 28.8 Å². The maximum Gasteiger partial charge on any atom is 0.336 e. The second-order valence-corrected chi connectivity index (χ2v) is 5.45. The highest BCUT2D eigenvalue weighted by atomic mass is 16.5. The summed E-state index contributed by atoms with van der Waals surface area (Å²) in [6.45, 7) is 3.35. The van der Waals surface area contributed by atoms with Gasteiger partial charge in [0.1, 0.15) is 12.1 Å². The number of imidazole rings is 1. The molecule has 1 aliphatic rings. The molecule has 3 rings (SSSR count). The number of hydrogen-bond acceptors (Lipinski definition) is 4. The van der Waals surface area contributed by atoms with Gasteiger partial charge in [-0.2, -0.15) is 0 Å². The maximum absolute atomic E-state index is 11.5. The predicted molar refractivity (Wildman–Crippen MR) is 79.1 cm³/mol. The summed E-state index contributed by atoms with van der Waals surface area (Å²) in [4.78, 5) is 17.8. The fraction of sp³-hybridized carbons (Fsp3) is 0.467. The number of fused-ring (bicyclic) bond motifs is 1. The van der Waals surface area contributed by atoms with Crippen LogP contribution < -0.4 is 4.90 Å². The smallest absolute Gasteiger partial charge is 0.336 e. The molecule has 0 amide bonds. The summed E-state index contributed by atoms with van der Waals surface area (Å²) in [6, 6.07) is 2.03. The van der Waals surface area contributed by atoms with E-state index in [0.717, 1.165) is 43.0 Å². The average molecular weight is 289 g/mol. The fourth-order valence-electron chi connectivity index (χ4n) is 3.05. The highest BCUT2D eigenvalue weighted by Gasteiger charge is 2.24. The van der Waals surface area contributed by atoms with Crippen molar-refractivity contribution in [3.05, 3.63) is 29.7 Å². The standard InChI is InChI=1S/C15H19N3O3/c1-10-13(15(19)20)7-12-8-16-9-18(12)14(10)17(2)11-3-5-21-6-4-11/h7-9,11H,3-6H2,1-2H3,(H,19,20). The summed E-state index contributed by atoms with van der Waals surface area (Å²) in [5, 5.41) is 9.41. The number of nitrogens with zero attached hydrogens (tertiary/aromatic N) is 3. The first-order chi connectivity index (χ1) is 10.1. The zero-order chi connectivity index (χ0) is 15.0. The second-order valence-electron chi connectivity index (χ2n) is 5.45. The lowest BCUT2D eigenvalue weighted by molar-refractivity contribution is 0.0695. The van der Waals surface area contributed by atoms with Gasteiger partial charge in [-0.1, -0.05) is 0 Å². The molecular weight excluding hydrogens is 270 g/mol. The van der Waals surface area contributed by atoms with Crippen molar-refractivity contribution in [2.24, 2.45) is 0 Å². The first-order valence-corrected chi connectivity index (χ1v) is 7.09. The molecular formula is C15H19N3O3. The van der Waals surface area contributed by atoms with Crippen LogP contribution in [0, 0.1) is 6.92 Å². The SMILES string of the molecule is Cc1c(C(=O)O)cc2cncn2c1N(C)C1CCOCC1. The van der Waals surface area contributed by atoms with Crippen LogP contribution in [0.4, 0.5) is 5.82 Å². The Labute approximate surface area is 123 Å². The Morgan fingerprint density at radius 2 is 2.19 bits per heavy atom. The number of carboxylic acids is 1. The number of carboxylic acid groups (broad SMARTS) is 1. The van der Waals surface area contributed by atoms with E-state index in [0.29, 0.717) is 11.6 Å². The second kappa shape index (κ2) is 5.37. The molecule has 0 saturated carbocycles. The topological polar surface area (TPSA) is 67.1 Å². The molecule has 0 aromatic carbocycles. The zero-order valence-corrected chi connectivity index (χ0v) is 12.2. The van der Waals surface area contributed by atoms with Gasteiger partial charge in [-0.15, -0.1) is 0 Å². The van der Waals surface area contributed by atoms with Crippen LogP contribution in [0.5, 0.6) is 0 Å². The monoisotopic (exact) mass is 289 g/mol. The zero-order valence-electron chi connectivity index (χ0n) is 12.2. The van der Waals surface area contributed by atoms with E-state index in [1.165, 1.54) is 0 Å². The summed E-state index contributed by atoms with van der Waals surface area (Å²) in [6.07, 6.45) is 5.32. The molecule has 0 unspecified atom stereocenters. The fourth-order valence-corrected chi connectivity index (χ4v) is 3.05. The van der Waals surface area contributed by atoms with Gasteiger partial charge >= 0.3 is 5.97 Å². The van der Waals surface area contributed by atoms with E-state index in [1.54, 1.807) is 18.6 Å². The first-order valence-electron chi connectivity index (χ1n) is 7.09. The number of aromatic carboxylic acids is 1. The summed E-state index contributed by atoms with van der Waals surface area (Å²) in [5.74, 6) is -0.00729. The molecule has 0 atom stereocenters. The van der Waals surface area contributed by atoms with E-state index in [-0.39, 0.29) is 0 Å². The van der Waals surface area contributed by atoms with E-state index in [1.807, 2.05) is 18.4 Å². The van der Waals surface area contributed by atoms with Gasteiger partial charge in [0, 0.05) is 31.9 Å². The quantitative estimate of drug-likeness (QED) is 0.935. The number of anilines is 1. The number of pyridine rings is 1. The normalized spacial score (nSPS) is 16.3. The molecule has 0 bridgehead atoms. The minimum atomic E-state index is -0.905. The average Bonchev–Trinajstić information content (AvgIpc) is 2.94. The van der Waals surface area contributed by atoms with Crippen LogP contribution in [0.25, 0.3) is 5.52 Å². The van der Waals surface area contributed by atoms with Gasteiger partial charge in [0.25, 0.3) is 0 Å². The number of carbonyl (C=O) groups is 1. The molecule has 1 saturated heterocycles. The Balaban J connectivity index is 2.12. The third-order valence-electron chi connectivity index (χ3n) is 4.23.